The fourth-order valence-electron chi connectivity index (χ4n) is 2.70. The van der Waals surface area contributed by atoms with Crippen molar-refractivity contribution in [2.75, 3.05) is 23.8 Å². The summed E-state index contributed by atoms with van der Waals surface area (Å²) in [5.74, 6) is -0.301. The van der Waals surface area contributed by atoms with Crippen LogP contribution in [0.3, 0.4) is 0 Å². The molecule has 0 aliphatic carbocycles. The van der Waals surface area contributed by atoms with E-state index < -0.39 is 0 Å². The van der Waals surface area contributed by atoms with E-state index in [4.69, 9.17) is 0 Å². The van der Waals surface area contributed by atoms with E-state index in [0.29, 0.717) is 16.9 Å². The molecule has 0 aliphatic rings. The number of benzene rings is 1. The second-order valence-corrected chi connectivity index (χ2v) is 6.52. The van der Waals surface area contributed by atoms with E-state index in [1.807, 2.05) is 25.2 Å². The summed E-state index contributed by atoms with van der Waals surface area (Å²) in [4.78, 5) is 34.1. The Morgan fingerprint density at radius 2 is 1.71 bits per heavy atom. The fraction of sp³-hybridized carbons (Fsp3) is 0.182. The highest BCUT2D eigenvalue weighted by Crippen LogP contribution is 2.15. The SMILES string of the molecule is CC(=O)c1ccc(NC(=O)c2ccc(N(C)CCc3ccncc3)cn2)cc1. The quantitative estimate of drug-likeness (QED) is 0.640. The van der Waals surface area contributed by atoms with Gasteiger partial charge in [0.2, 0.25) is 0 Å². The third-order valence-electron chi connectivity index (χ3n) is 4.46. The Balaban J connectivity index is 1.58. The molecular weight excluding hydrogens is 352 g/mol. The predicted octanol–water partition coefficient (Wildman–Crippen LogP) is 3.61. The van der Waals surface area contributed by atoms with E-state index in [-0.39, 0.29) is 11.7 Å². The van der Waals surface area contributed by atoms with Gasteiger partial charge in [0.05, 0.1) is 11.9 Å². The highest BCUT2D eigenvalue weighted by molar-refractivity contribution is 6.03. The van der Waals surface area contributed by atoms with Crippen LogP contribution in [0.1, 0.15) is 33.3 Å². The molecule has 0 saturated carbocycles. The molecular formula is C22H22N4O2. The van der Waals surface area contributed by atoms with E-state index in [9.17, 15) is 9.59 Å². The number of anilines is 2. The van der Waals surface area contributed by atoms with Crippen molar-refractivity contribution in [3.05, 3.63) is 83.9 Å². The molecule has 0 aliphatic heterocycles. The van der Waals surface area contributed by atoms with Gasteiger partial charge in [-0.05, 0) is 67.4 Å². The lowest BCUT2D eigenvalue weighted by Crippen LogP contribution is -2.21. The Bertz CT molecular complexity index is 939. The summed E-state index contributed by atoms with van der Waals surface area (Å²) in [5.41, 5.74) is 3.73. The molecule has 1 aromatic carbocycles. The van der Waals surface area contributed by atoms with Crippen LogP contribution in [-0.2, 0) is 6.42 Å². The van der Waals surface area contributed by atoms with Crippen LogP contribution in [0.2, 0.25) is 0 Å². The van der Waals surface area contributed by atoms with E-state index in [0.717, 1.165) is 18.7 Å². The maximum absolute atomic E-state index is 12.4. The molecule has 28 heavy (non-hydrogen) atoms. The molecule has 2 aromatic heterocycles. The zero-order chi connectivity index (χ0) is 19.9. The molecule has 1 N–H and O–H groups in total. The number of nitrogens with one attached hydrogen (secondary N) is 1. The first-order valence-electron chi connectivity index (χ1n) is 9.01. The number of hydrogen-bond acceptors (Lipinski definition) is 5. The number of rotatable bonds is 7. The summed E-state index contributed by atoms with van der Waals surface area (Å²) in [6.07, 6.45) is 6.17. The van der Waals surface area contributed by atoms with Crippen molar-refractivity contribution in [3.8, 4) is 0 Å². The van der Waals surface area contributed by atoms with Gasteiger partial charge in [-0.3, -0.25) is 14.6 Å². The number of Topliss-reactive ketones (excluding diaryl/α,β-unsaturated/α-hetero) is 1. The number of pyridine rings is 2. The average molecular weight is 374 g/mol. The first-order valence-corrected chi connectivity index (χ1v) is 9.01. The van der Waals surface area contributed by atoms with Crippen molar-refractivity contribution in [1.29, 1.82) is 0 Å². The molecule has 6 heteroatoms. The third-order valence-corrected chi connectivity index (χ3v) is 4.46. The topological polar surface area (TPSA) is 75.2 Å². The Morgan fingerprint density at radius 1 is 1.00 bits per heavy atom. The predicted molar refractivity (Wildman–Crippen MR) is 110 cm³/mol. The lowest BCUT2D eigenvalue weighted by Gasteiger charge is -2.19. The lowest BCUT2D eigenvalue weighted by molar-refractivity contribution is 0.101. The normalized spacial score (nSPS) is 10.4. The second-order valence-electron chi connectivity index (χ2n) is 6.52. The minimum Gasteiger partial charge on any atom is -0.373 e. The smallest absolute Gasteiger partial charge is 0.274 e. The largest absolute Gasteiger partial charge is 0.373 e. The third kappa shape index (κ3) is 5.01. The monoisotopic (exact) mass is 374 g/mol. The summed E-state index contributed by atoms with van der Waals surface area (Å²) in [5, 5.41) is 2.79. The van der Waals surface area contributed by atoms with Gasteiger partial charge >= 0.3 is 0 Å². The highest BCUT2D eigenvalue weighted by Gasteiger charge is 2.09. The molecule has 3 aromatic rings. The molecule has 2 heterocycles. The standard InChI is InChI=1S/C22H22N4O2/c1-16(27)18-3-5-19(6-4-18)25-22(28)21-8-7-20(15-24-21)26(2)14-11-17-9-12-23-13-10-17/h3-10,12-13,15H,11,14H2,1-2H3,(H,25,28). The molecule has 0 spiro atoms. The van der Waals surface area contributed by atoms with Gasteiger partial charge in [0.15, 0.2) is 5.78 Å². The van der Waals surface area contributed by atoms with Crippen LogP contribution < -0.4 is 10.2 Å². The summed E-state index contributed by atoms with van der Waals surface area (Å²) in [6.45, 7) is 2.34. The molecule has 3 rings (SSSR count). The van der Waals surface area contributed by atoms with Crippen molar-refractivity contribution in [3.63, 3.8) is 0 Å². The van der Waals surface area contributed by atoms with Gasteiger partial charge in [-0.25, -0.2) is 4.98 Å². The van der Waals surface area contributed by atoms with Crippen molar-refractivity contribution >= 4 is 23.1 Å². The highest BCUT2D eigenvalue weighted by atomic mass is 16.2. The fourth-order valence-corrected chi connectivity index (χ4v) is 2.70. The zero-order valence-corrected chi connectivity index (χ0v) is 15.9. The van der Waals surface area contributed by atoms with E-state index in [1.165, 1.54) is 12.5 Å². The molecule has 142 valence electrons. The minimum atomic E-state index is -0.290. The van der Waals surface area contributed by atoms with Gasteiger partial charge < -0.3 is 10.2 Å². The Hall–Kier alpha value is -3.54. The van der Waals surface area contributed by atoms with Crippen LogP contribution in [-0.4, -0.2) is 35.3 Å². The number of hydrogen-bond donors (Lipinski definition) is 1. The van der Waals surface area contributed by atoms with Gasteiger partial charge in [0, 0.05) is 37.2 Å². The molecule has 0 radical (unpaired) electrons. The van der Waals surface area contributed by atoms with Crippen molar-refractivity contribution < 1.29 is 9.59 Å². The Morgan fingerprint density at radius 3 is 2.32 bits per heavy atom. The molecule has 0 saturated heterocycles. The number of carbonyl (C=O) groups excluding carboxylic acids is 2. The van der Waals surface area contributed by atoms with E-state index in [1.54, 1.807) is 48.9 Å². The number of ketones is 1. The minimum absolute atomic E-state index is 0.0109. The number of aromatic nitrogens is 2. The van der Waals surface area contributed by atoms with Gasteiger partial charge in [0.25, 0.3) is 5.91 Å². The Labute approximate surface area is 164 Å². The Kier molecular flexibility index (Phi) is 6.11. The van der Waals surface area contributed by atoms with Gasteiger partial charge in [-0.2, -0.15) is 0 Å². The van der Waals surface area contributed by atoms with E-state index in [2.05, 4.69) is 20.2 Å². The van der Waals surface area contributed by atoms with Gasteiger partial charge in [-0.1, -0.05) is 0 Å². The summed E-state index contributed by atoms with van der Waals surface area (Å²) in [7, 11) is 1.99. The molecule has 6 nitrogen and oxygen atoms in total. The van der Waals surface area contributed by atoms with Crippen molar-refractivity contribution in [2.24, 2.45) is 0 Å². The molecule has 0 fully saturated rings. The van der Waals surface area contributed by atoms with Crippen molar-refractivity contribution in [2.45, 2.75) is 13.3 Å². The molecule has 0 unspecified atom stereocenters. The van der Waals surface area contributed by atoms with Gasteiger partial charge in [0.1, 0.15) is 5.69 Å². The summed E-state index contributed by atoms with van der Waals surface area (Å²) in [6, 6.07) is 14.4. The first-order chi connectivity index (χ1) is 13.5. The zero-order valence-electron chi connectivity index (χ0n) is 15.9. The lowest BCUT2D eigenvalue weighted by atomic mass is 10.1. The van der Waals surface area contributed by atoms with Crippen LogP contribution in [0, 0.1) is 0 Å². The number of likely N-dealkylation sites (N-methyl/N-ethyl adjacent to an activating group) is 1. The van der Waals surface area contributed by atoms with E-state index >= 15 is 0 Å². The average Bonchev–Trinajstić information content (AvgIpc) is 2.73. The van der Waals surface area contributed by atoms with Crippen LogP contribution in [0.25, 0.3) is 0 Å². The van der Waals surface area contributed by atoms with Gasteiger partial charge in [-0.15, -0.1) is 0 Å². The number of amides is 1. The van der Waals surface area contributed by atoms with Crippen LogP contribution in [0.4, 0.5) is 11.4 Å². The maximum atomic E-state index is 12.4. The van der Waals surface area contributed by atoms with Crippen molar-refractivity contribution in [1.82, 2.24) is 9.97 Å². The van der Waals surface area contributed by atoms with Crippen LogP contribution in [0.15, 0.2) is 67.1 Å². The maximum Gasteiger partial charge on any atom is 0.274 e. The van der Waals surface area contributed by atoms with Crippen LogP contribution >= 0.6 is 0 Å². The first kappa shape index (κ1) is 19.2. The molecule has 0 atom stereocenters. The summed E-state index contributed by atoms with van der Waals surface area (Å²) < 4.78 is 0. The number of carbonyl (C=O) groups is 2. The summed E-state index contributed by atoms with van der Waals surface area (Å²) >= 11 is 0. The second kappa shape index (κ2) is 8.90. The number of nitrogens with zero attached hydrogens (tertiary/aromatic N) is 3. The molecule has 0 bridgehead atoms. The molecule has 1 amide bonds. The van der Waals surface area contributed by atoms with Crippen LogP contribution in [0.5, 0.6) is 0 Å².